The normalized spacial score (nSPS) is 22.2. The summed E-state index contributed by atoms with van der Waals surface area (Å²) in [4.78, 5) is 4.47. The summed E-state index contributed by atoms with van der Waals surface area (Å²) in [5, 5.41) is 0. The van der Waals surface area contributed by atoms with Crippen LogP contribution in [0.25, 0.3) is 0 Å². The quantitative estimate of drug-likeness (QED) is 0.361. The summed E-state index contributed by atoms with van der Waals surface area (Å²) in [7, 11) is 1.86. The number of aryl methyl sites for hydroxylation is 1. The number of nitrogens with zero attached hydrogens (tertiary/aromatic N) is 2. The van der Waals surface area contributed by atoms with Crippen molar-refractivity contribution in [2.24, 2.45) is 7.05 Å². The molecule has 4 nitrogen and oxygen atoms in total. The summed E-state index contributed by atoms with van der Waals surface area (Å²) in [6, 6.07) is 10.8. The largest absolute Gasteiger partial charge is 0.416 e. The van der Waals surface area contributed by atoms with Crippen LogP contribution in [0.5, 0.6) is 0 Å². The van der Waals surface area contributed by atoms with Crippen molar-refractivity contribution >= 4 is 0 Å². The maximum absolute atomic E-state index is 13.3. The van der Waals surface area contributed by atoms with Gasteiger partial charge in [-0.3, -0.25) is 0 Å². The average Bonchev–Trinajstić information content (AvgIpc) is 3.23. The Morgan fingerprint density at radius 2 is 1.63 bits per heavy atom. The Kier molecular flexibility index (Phi) is 6.97. The molecule has 2 heterocycles. The number of aromatic nitrogens is 2. The highest BCUT2D eigenvalue weighted by Crippen LogP contribution is 2.44. The lowest BCUT2D eigenvalue weighted by Gasteiger charge is -2.39. The van der Waals surface area contributed by atoms with Gasteiger partial charge in [0.05, 0.1) is 23.8 Å². The Hall–Kier alpha value is -2.85. The van der Waals surface area contributed by atoms with Gasteiger partial charge in [0.15, 0.2) is 6.29 Å². The van der Waals surface area contributed by atoms with Crippen LogP contribution in [0.15, 0.2) is 60.9 Å². The van der Waals surface area contributed by atoms with Crippen molar-refractivity contribution in [2.75, 3.05) is 6.61 Å². The highest BCUT2D eigenvalue weighted by atomic mass is 19.4. The van der Waals surface area contributed by atoms with Crippen molar-refractivity contribution in [3.8, 4) is 0 Å². The van der Waals surface area contributed by atoms with Gasteiger partial charge in [-0.25, -0.2) is 4.98 Å². The third-order valence-corrected chi connectivity index (χ3v) is 6.23. The Bertz CT molecular complexity index is 1110. The molecule has 3 aromatic rings. The van der Waals surface area contributed by atoms with Gasteiger partial charge in [0.1, 0.15) is 5.82 Å². The molecule has 188 valence electrons. The first-order chi connectivity index (χ1) is 16.4. The van der Waals surface area contributed by atoms with E-state index >= 15 is 0 Å². The first kappa shape index (κ1) is 25.2. The maximum atomic E-state index is 13.3. The number of alkyl halides is 6. The number of imidazole rings is 1. The highest BCUT2D eigenvalue weighted by molar-refractivity contribution is 5.35. The summed E-state index contributed by atoms with van der Waals surface area (Å²) in [6.07, 6.45) is -7.78. The van der Waals surface area contributed by atoms with Crippen LogP contribution in [-0.2, 0) is 28.9 Å². The van der Waals surface area contributed by atoms with Crippen molar-refractivity contribution < 1.29 is 35.8 Å². The van der Waals surface area contributed by atoms with Gasteiger partial charge in [0.25, 0.3) is 0 Å². The fourth-order valence-electron chi connectivity index (χ4n) is 4.49. The second-order valence-electron chi connectivity index (χ2n) is 8.58. The molecule has 0 spiro atoms. The van der Waals surface area contributed by atoms with Gasteiger partial charge in [-0.2, -0.15) is 26.3 Å². The zero-order chi connectivity index (χ0) is 25.4. The third kappa shape index (κ3) is 5.54. The fraction of sp³-hybridized carbons (Fsp3) is 0.400. The lowest BCUT2D eigenvalue weighted by molar-refractivity contribution is -0.202. The predicted molar refractivity (Wildman–Crippen MR) is 115 cm³/mol. The summed E-state index contributed by atoms with van der Waals surface area (Å²) in [5.74, 6) is 0.291. The Labute approximate surface area is 198 Å². The standard InChI is InChI=1S/C25H24F6N2O2/c1-15(17-12-18(24(26,27)28)14-19(13-17)25(29,30)31)35-23-21(16-6-4-3-5-7-16)20(8-11-34-23)22-32-9-10-33(22)2/h3-7,9-10,12-15,20-21,23H,8,11H2,1-2H3/t15-,20-,21+,23-/m1/s1. The smallest absolute Gasteiger partial charge is 0.352 e. The van der Waals surface area contributed by atoms with Gasteiger partial charge in [-0.1, -0.05) is 30.3 Å². The molecule has 4 atom stereocenters. The number of rotatable bonds is 5. The molecule has 1 fully saturated rings. The zero-order valence-electron chi connectivity index (χ0n) is 19.0. The Morgan fingerprint density at radius 3 is 2.17 bits per heavy atom. The monoisotopic (exact) mass is 498 g/mol. The molecule has 0 radical (unpaired) electrons. The molecular weight excluding hydrogens is 474 g/mol. The summed E-state index contributed by atoms with van der Waals surface area (Å²) >= 11 is 0. The zero-order valence-corrected chi connectivity index (χ0v) is 19.0. The maximum Gasteiger partial charge on any atom is 0.416 e. The molecule has 0 N–H and O–H groups in total. The number of benzene rings is 2. The number of hydrogen-bond acceptors (Lipinski definition) is 3. The van der Waals surface area contributed by atoms with Crippen LogP contribution in [0.1, 0.15) is 59.4 Å². The minimum atomic E-state index is -4.94. The molecule has 2 aromatic carbocycles. The molecule has 1 aliphatic heterocycles. The second kappa shape index (κ2) is 9.66. The van der Waals surface area contributed by atoms with E-state index in [4.69, 9.17) is 9.47 Å². The Morgan fingerprint density at radius 1 is 1.00 bits per heavy atom. The van der Waals surface area contributed by atoms with E-state index in [-0.39, 0.29) is 23.5 Å². The van der Waals surface area contributed by atoms with Crippen molar-refractivity contribution in [3.05, 3.63) is 89.0 Å². The molecule has 1 aliphatic rings. The van der Waals surface area contributed by atoms with Gasteiger partial charge in [0, 0.05) is 31.3 Å². The van der Waals surface area contributed by atoms with Crippen molar-refractivity contribution in [1.29, 1.82) is 0 Å². The second-order valence-corrected chi connectivity index (χ2v) is 8.58. The van der Waals surface area contributed by atoms with E-state index in [9.17, 15) is 26.3 Å². The van der Waals surface area contributed by atoms with Gasteiger partial charge >= 0.3 is 12.4 Å². The molecule has 35 heavy (non-hydrogen) atoms. The van der Waals surface area contributed by atoms with E-state index in [1.54, 1.807) is 6.20 Å². The van der Waals surface area contributed by atoms with Crippen LogP contribution in [0.3, 0.4) is 0 Å². The van der Waals surface area contributed by atoms with Gasteiger partial charge in [-0.15, -0.1) is 0 Å². The van der Waals surface area contributed by atoms with Crippen LogP contribution in [0.4, 0.5) is 26.3 Å². The van der Waals surface area contributed by atoms with Crippen LogP contribution in [-0.4, -0.2) is 22.4 Å². The van der Waals surface area contributed by atoms with Crippen LogP contribution in [0.2, 0.25) is 0 Å². The molecule has 0 amide bonds. The molecule has 0 aliphatic carbocycles. The molecule has 1 saturated heterocycles. The van der Waals surface area contributed by atoms with Crippen molar-refractivity contribution in [1.82, 2.24) is 9.55 Å². The molecule has 10 heteroatoms. The van der Waals surface area contributed by atoms with E-state index in [0.717, 1.165) is 11.4 Å². The first-order valence-corrected chi connectivity index (χ1v) is 11.0. The molecular formula is C25H24F6N2O2. The summed E-state index contributed by atoms with van der Waals surface area (Å²) in [5.41, 5.74) is -2.13. The van der Waals surface area contributed by atoms with Crippen LogP contribution < -0.4 is 0 Å². The number of ether oxygens (including phenoxy) is 2. The Balaban J connectivity index is 1.69. The third-order valence-electron chi connectivity index (χ3n) is 6.23. The van der Waals surface area contributed by atoms with E-state index in [1.807, 2.05) is 48.1 Å². The highest BCUT2D eigenvalue weighted by Gasteiger charge is 2.41. The molecule has 0 saturated carbocycles. The SMILES string of the molecule is C[C@@H](O[C@H]1OCC[C@@H](c2nccn2C)[C@@H]1c1ccccc1)c1cc(C(F)(F)F)cc(C(F)(F)F)c1. The molecule has 0 bridgehead atoms. The summed E-state index contributed by atoms with van der Waals surface area (Å²) in [6.45, 7) is 1.72. The van der Waals surface area contributed by atoms with Gasteiger partial charge in [0.2, 0.25) is 0 Å². The van der Waals surface area contributed by atoms with Crippen molar-refractivity contribution in [3.63, 3.8) is 0 Å². The average molecular weight is 498 g/mol. The minimum absolute atomic E-state index is 0.108. The molecule has 4 rings (SSSR count). The van der Waals surface area contributed by atoms with Gasteiger partial charge < -0.3 is 14.0 Å². The van der Waals surface area contributed by atoms with Gasteiger partial charge in [-0.05, 0) is 42.7 Å². The minimum Gasteiger partial charge on any atom is -0.352 e. The fourth-order valence-corrected chi connectivity index (χ4v) is 4.49. The number of hydrogen-bond donors (Lipinski definition) is 0. The van der Waals surface area contributed by atoms with Crippen molar-refractivity contribution in [2.45, 2.75) is 49.9 Å². The van der Waals surface area contributed by atoms with E-state index in [1.165, 1.54) is 6.92 Å². The first-order valence-electron chi connectivity index (χ1n) is 11.0. The van der Waals surface area contributed by atoms with Crippen LogP contribution >= 0.6 is 0 Å². The lowest BCUT2D eigenvalue weighted by atomic mass is 9.81. The molecule has 0 unspecified atom stereocenters. The van der Waals surface area contributed by atoms with E-state index in [0.29, 0.717) is 25.2 Å². The molecule has 1 aromatic heterocycles. The topological polar surface area (TPSA) is 36.3 Å². The van der Waals surface area contributed by atoms with Crippen LogP contribution in [0, 0.1) is 0 Å². The lowest BCUT2D eigenvalue weighted by Crippen LogP contribution is -2.37. The summed E-state index contributed by atoms with van der Waals surface area (Å²) < 4.78 is 93.9. The predicted octanol–water partition coefficient (Wildman–Crippen LogP) is 6.85. The van der Waals surface area contributed by atoms with E-state index < -0.39 is 35.9 Å². The number of halogens is 6. The van der Waals surface area contributed by atoms with E-state index in [2.05, 4.69) is 4.98 Å².